The predicted molar refractivity (Wildman–Crippen MR) is 115 cm³/mol. The number of hydrogen-bond donors (Lipinski definition) is 0. The molecule has 4 nitrogen and oxygen atoms in total. The Kier molecular flexibility index (Phi) is 8.34. The second-order valence-corrected chi connectivity index (χ2v) is 7.58. The minimum absolute atomic E-state index is 0.609. The highest BCUT2D eigenvalue weighted by Crippen LogP contribution is 2.20. The van der Waals surface area contributed by atoms with Gasteiger partial charge >= 0.3 is 0 Å². The molecular formula is C24H34N2O2. The van der Waals surface area contributed by atoms with Crippen molar-refractivity contribution in [3.05, 3.63) is 65.2 Å². The summed E-state index contributed by atoms with van der Waals surface area (Å²) in [4.78, 5) is 5.08. The third-order valence-electron chi connectivity index (χ3n) is 5.62. The first-order valence-electron chi connectivity index (χ1n) is 10.5. The van der Waals surface area contributed by atoms with Crippen LogP contribution in [0.4, 0.5) is 0 Å². The van der Waals surface area contributed by atoms with E-state index in [2.05, 4.69) is 60.0 Å². The van der Waals surface area contributed by atoms with Crippen LogP contribution in [0.2, 0.25) is 0 Å². The van der Waals surface area contributed by atoms with Gasteiger partial charge < -0.3 is 14.4 Å². The molecule has 1 heterocycles. The maximum absolute atomic E-state index is 5.84. The summed E-state index contributed by atoms with van der Waals surface area (Å²) in [5.74, 6) is 0.968. The molecule has 0 N–H and O–H groups in total. The van der Waals surface area contributed by atoms with E-state index in [1.54, 1.807) is 0 Å². The summed E-state index contributed by atoms with van der Waals surface area (Å²) in [6.07, 6.45) is 1.14. The summed E-state index contributed by atoms with van der Waals surface area (Å²) in [5, 5.41) is 0. The summed E-state index contributed by atoms with van der Waals surface area (Å²) in [5.41, 5.74) is 3.91. The predicted octanol–water partition coefficient (Wildman–Crippen LogP) is 3.56. The summed E-state index contributed by atoms with van der Waals surface area (Å²) in [6, 6.07) is 17.0. The molecule has 152 valence electrons. The van der Waals surface area contributed by atoms with Crippen molar-refractivity contribution in [3.8, 4) is 5.75 Å². The molecule has 0 amide bonds. The Morgan fingerprint density at radius 2 is 1.46 bits per heavy atom. The fourth-order valence-electron chi connectivity index (χ4n) is 3.56. The SMILES string of the molecule is Cc1cccc(OCCOCCN2CCN(CCc3ccccc3)CC2)c1C. The minimum Gasteiger partial charge on any atom is -0.491 e. The van der Waals surface area contributed by atoms with Gasteiger partial charge in [-0.1, -0.05) is 42.5 Å². The summed E-state index contributed by atoms with van der Waals surface area (Å²) in [6.45, 7) is 13.0. The van der Waals surface area contributed by atoms with Crippen LogP contribution >= 0.6 is 0 Å². The smallest absolute Gasteiger partial charge is 0.122 e. The number of benzene rings is 2. The molecule has 28 heavy (non-hydrogen) atoms. The van der Waals surface area contributed by atoms with Gasteiger partial charge in [-0.05, 0) is 43.0 Å². The molecule has 0 unspecified atom stereocenters. The van der Waals surface area contributed by atoms with Gasteiger partial charge in [-0.3, -0.25) is 4.90 Å². The van der Waals surface area contributed by atoms with E-state index in [1.165, 1.54) is 16.7 Å². The van der Waals surface area contributed by atoms with Gasteiger partial charge in [-0.15, -0.1) is 0 Å². The van der Waals surface area contributed by atoms with Crippen LogP contribution in [-0.4, -0.2) is 68.9 Å². The molecule has 0 aromatic heterocycles. The van der Waals surface area contributed by atoms with Crippen LogP contribution in [0.25, 0.3) is 0 Å². The maximum atomic E-state index is 5.84. The zero-order chi connectivity index (χ0) is 19.6. The highest BCUT2D eigenvalue weighted by atomic mass is 16.5. The zero-order valence-corrected chi connectivity index (χ0v) is 17.4. The van der Waals surface area contributed by atoms with Crippen LogP contribution in [0.5, 0.6) is 5.75 Å². The van der Waals surface area contributed by atoms with Crippen LogP contribution in [-0.2, 0) is 11.2 Å². The van der Waals surface area contributed by atoms with Gasteiger partial charge in [0.15, 0.2) is 0 Å². The number of rotatable bonds is 10. The van der Waals surface area contributed by atoms with E-state index in [1.807, 2.05) is 12.1 Å². The molecule has 2 aromatic rings. The van der Waals surface area contributed by atoms with Crippen molar-refractivity contribution in [3.63, 3.8) is 0 Å². The largest absolute Gasteiger partial charge is 0.491 e. The van der Waals surface area contributed by atoms with E-state index in [0.29, 0.717) is 13.2 Å². The van der Waals surface area contributed by atoms with Gasteiger partial charge in [-0.25, -0.2) is 0 Å². The summed E-state index contributed by atoms with van der Waals surface area (Å²) < 4.78 is 11.6. The molecule has 1 saturated heterocycles. The first-order valence-corrected chi connectivity index (χ1v) is 10.5. The number of ether oxygens (including phenoxy) is 2. The van der Waals surface area contributed by atoms with E-state index in [0.717, 1.165) is 58.0 Å². The van der Waals surface area contributed by atoms with Crippen LogP contribution in [0.1, 0.15) is 16.7 Å². The fourth-order valence-corrected chi connectivity index (χ4v) is 3.56. The Morgan fingerprint density at radius 3 is 2.21 bits per heavy atom. The number of hydrogen-bond acceptors (Lipinski definition) is 4. The van der Waals surface area contributed by atoms with E-state index in [-0.39, 0.29) is 0 Å². The highest BCUT2D eigenvalue weighted by molar-refractivity contribution is 5.38. The van der Waals surface area contributed by atoms with Crippen LogP contribution < -0.4 is 4.74 Å². The molecule has 1 fully saturated rings. The van der Waals surface area contributed by atoms with E-state index in [9.17, 15) is 0 Å². The molecule has 4 heteroatoms. The van der Waals surface area contributed by atoms with E-state index < -0.39 is 0 Å². The molecule has 0 aliphatic carbocycles. The molecule has 0 spiro atoms. The molecule has 1 aliphatic rings. The lowest BCUT2D eigenvalue weighted by atomic mass is 10.1. The van der Waals surface area contributed by atoms with Gasteiger partial charge in [0, 0.05) is 39.3 Å². The van der Waals surface area contributed by atoms with Crippen LogP contribution in [0.15, 0.2) is 48.5 Å². The van der Waals surface area contributed by atoms with Gasteiger partial charge in [0.25, 0.3) is 0 Å². The van der Waals surface area contributed by atoms with Gasteiger partial charge in [0.1, 0.15) is 12.4 Å². The third-order valence-corrected chi connectivity index (χ3v) is 5.62. The molecule has 0 radical (unpaired) electrons. The second-order valence-electron chi connectivity index (χ2n) is 7.58. The monoisotopic (exact) mass is 382 g/mol. The van der Waals surface area contributed by atoms with Gasteiger partial charge in [0.05, 0.1) is 13.2 Å². The number of nitrogens with zero attached hydrogens (tertiary/aromatic N) is 2. The Morgan fingerprint density at radius 1 is 0.750 bits per heavy atom. The average molecular weight is 383 g/mol. The lowest BCUT2D eigenvalue weighted by Gasteiger charge is -2.34. The quantitative estimate of drug-likeness (QED) is 0.587. The Balaban J connectivity index is 1.22. The van der Waals surface area contributed by atoms with Gasteiger partial charge in [0.2, 0.25) is 0 Å². The molecule has 1 aliphatic heterocycles. The lowest BCUT2D eigenvalue weighted by Crippen LogP contribution is -2.47. The van der Waals surface area contributed by atoms with E-state index >= 15 is 0 Å². The van der Waals surface area contributed by atoms with Crippen molar-refractivity contribution in [2.45, 2.75) is 20.3 Å². The van der Waals surface area contributed by atoms with Gasteiger partial charge in [-0.2, -0.15) is 0 Å². The van der Waals surface area contributed by atoms with Crippen molar-refractivity contribution in [2.75, 3.05) is 59.1 Å². The Bertz CT molecular complexity index is 697. The standard InChI is InChI=1S/C24H34N2O2/c1-21-7-6-10-24(22(21)2)28-20-19-27-18-17-26-15-13-25(14-16-26)12-11-23-8-4-3-5-9-23/h3-10H,11-20H2,1-2H3. The van der Waals surface area contributed by atoms with Crippen molar-refractivity contribution >= 4 is 0 Å². The first-order chi connectivity index (χ1) is 13.7. The molecule has 0 atom stereocenters. The zero-order valence-electron chi connectivity index (χ0n) is 17.4. The maximum Gasteiger partial charge on any atom is 0.122 e. The summed E-state index contributed by atoms with van der Waals surface area (Å²) in [7, 11) is 0. The van der Waals surface area contributed by atoms with E-state index in [4.69, 9.17) is 9.47 Å². The highest BCUT2D eigenvalue weighted by Gasteiger charge is 2.16. The normalized spacial score (nSPS) is 15.6. The summed E-state index contributed by atoms with van der Waals surface area (Å²) >= 11 is 0. The first kappa shape index (κ1) is 20.8. The van der Waals surface area contributed by atoms with Crippen molar-refractivity contribution in [1.29, 1.82) is 0 Å². The molecular weight excluding hydrogens is 348 g/mol. The van der Waals surface area contributed by atoms with Crippen molar-refractivity contribution < 1.29 is 9.47 Å². The van der Waals surface area contributed by atoms with Crippen LogP contribution in [0, 0.1) is 13.8 Å². The van der Waals surface area contributed by atoms with Crippen molar-refractivity contribution in [1.82, 2.24) is 9.80 Å². The Labute approximate surface area is 170 Å². The third kappa shape index (κ3) is 6.62. The second kappa shape index (κ2) is 11.2. The Hall–Kier alpha value is -1.88. The fraction of sp³-hybridized carbons (Fsp3) is 0.500. The lowest BCUT2D eigenvalue weighted by molar-refractivity contribution is 0.0617. The molecule has 3 rings (SSSR count). The molecule has 0 saturated carbocycles. The van der Waals surface area contributed by atoms with Crippen LogP contribution in [0.3, 0.4) is 0 Å². The average Bonchev–Trinajstić information content (AvgIpc) is 2.73. The number of piperazine rings is 1. The molecule has 0 bridgehead atoms. The topological polar surface area (TPSA) is 24.9 Å². The van der Waals surface area contributed by atoms with Crippen molar-refractivity contribution in [2.24, 2.45) is 0 Å². The molecule has 2 aromatic carbocycles. The number of aryl methyl sites for hydroxylation is 1. The minimum atomic E-state index is 0.609.